The van der Waals surface area contributed by atoms with Gasteiger partial charge in [-0.25, -0.2) is 0 Å². The smallest absolute Gasteiger partial charge is 0.342 e. The van der Waals surface area contributed by atoms with Crippen LogP contribution in [0.1, 0.15) is 20.3 Å². The number of alkyl halides is 3. The second kappa shape index (κ2) is 6.16. The molecule has 1 rings (SSSR count). The van der Waals surface area contributed by atoms with E-state index < -0.39 is 36.5 Å². The van der Waals surface area contributed by atoms with E-state index >= 15 is 0 Å². The molecule has 0 aliphatic carbocycles. The average molecular weight is 290 g/mol. The van der Waals surface area contributed by atoms with Crippen LogP contribution in [-0.2, 0) is 9.59 Å². The van der Waals surface area contributed by atoms with Gasteiger partial charge in [0, 0.05) is 13.0 Å². The van der Waals surface area contributed by atoms with Crippen LogP contribution in [0.25, 0.3) is 0 Å². The summed E-state index contributed by atoms with van der Waals surface area (Å²) in [7, 11) is 0. The van der Waals surface area contributed by atoms with E-state index in [-0.39, 0.29) is 18.9 Å². The summed E-state index contributed by atoms with van der Waals surface area (Å²) in [5.41, 5.74) is 0. The van der Waals surface area contributed by atoms with Gasteiger partial charge in [0.25, 0.3) is 0 Å². The van der Waals surface area contributed by atoms with Gasteiger partial charge >= 0.3 is 6.18 Å². The summed E-state index contributed by atoms with van der Waals surface area (Å²) in [5, 5.41) is 2.58. The number of terminal acetylenes is 1. The first-order valence-corrected chi connectivity index (χ1v) is 6.25. The molecule has 1 saturated heterocycles. The fraction of sp³-hybridized carbons (Fsp3) is 0.692. The summed E-state index contributed by atoms with van der Waals surface area (Å²) in [4.78, 5) is 24.0. The van der Waals surface area contributed by atoms with Crippen LogP contribution < -0.4 is 5.32 Å². The van der Waals surface area contributed by atoms with E-state index in [1.54, 1.807) is 0 Å². The predicted molar refractivity (Wildman–Crippen MR) is 66.3 cm³/mol. The van der Waals surface area contributed by atoms with Crippen molar-refractivity contribution in [3.63, 3.8) is 0 Å². The number of carbonyl (C=O) groups excluding carboxylic acids is 2. The molecule has 0 aromatic rings. The van der Waals surface area contributed by atoms with E-state index in [1.165, 1.54) is 0 Å². The van der Waals surface area contributed by atoms with Gasteiger partial charge in [-0.05, 0) is 5.92 Å². The van der Waals surface area contributed by atoms with Crippen LogP contribution in [-0.4, -0.2) is 42.0 Å². The summed E-state index contributed by atoms with van der Waals surface area (Å²) >= 11 is 0. The van der Waals surface area contributed by atoms with Crippen LogP contribution in [0.3, 0.4) is 0 Å². The Hall–Kier alpha value is -1.71. The highest BCUT2D eigenvalue weighted by atomic mass is 19.4. The molecule has 0 aromatic heterocycles. The van der Waals surface area contributed by atoms with Crippen LogP contribution in [0.15, 0.2) is 0 Å². The van der Waals surface area contributed by atoms with Gasteiger partial charge in [0.2, 0.25) is 11.8 Å². The lowest BCUT2D eigenvalue weighted by Crippen LogP contribution is -2.42. The molecule has 0 bridgehead atoms. The van der Waals surface area contributed by atoms with Gasteiger partial charge in [-0.15, -0.1) is 6.42 Å². The third-order valence-corrected chi connectivity index (χ3v) is 3.10. The second-order valence-corrected chi connectivity index (χ2v) is 5.19. The number of carbonyl (C=O) groups is 2. The molecule has 0 spiro atoms. The Kier molecular flexibility index (Phi) is 5.03. The van der Waals surface area contributed by atoms with Crippen LogP contribution in [0, 0.1) is 24.2 Å². The van der Waals surface area contributed by atoms with Crippen molar-refractivity contribution in [1.82, 2.24) is 10.2 Å². The van der Waals surface area contributed by atoms with Crippen molar-refractivity contribution in [2.45, 2.75) is 32.5 Å². The number of halogens is 3. The molecule has 0 radical (unpaired) electrons. The molecule has 1 aliphatic heterocycles. The highest BCUT2D eigenvalue weighted by Crippen LogP contribution is 2.24. The third kappa shape index (κ3) is 4.44. The summed E-state index contributed by atoms with van der Waals surface area (Å²) in [6, 6.07) is -0.491. The van der Waals surface area contributed by atoms with Crippen LogP contribution in [0.4, 0.5) is 13.2 Å². The maximum absolute atomic E-state index is 12.3. The molecular weight excluding hydrogens is 273 g/mol. The van der Waals surface area contributed by atoms with Gasteiger partial charge in [-0.3, -0.25) is 9.59 Å². The molecule has 1 N–H and O–H groups in total. The minimum atomic E-state index is -4.46. The molecule has 4 nitrogen and oxygen atoms in total. The largest absolute Gasteiger partial charge is 0.406 e. The average Bonchev–Trinajstić information content (AvgIpc) is 2.65. The van der Waals surface area contributed by atoms with Crippen molar-refractivity contribution in [2.75, 3.05) is 13.1 Å². The Morgan fingerprint density at radius 1 is 1.55 bits per heavy atom. The first-order valence-electron chi connectivity index (χ1n) is 6.25. The van der Waals surface area contributed by atoms with Crippen molar-refractivity contribution in [2.24, 2.45) is 11.8 Å². The Morgan fingerprint density at radius 3 is 2.60 bits per heavy atom. The number of rotatable bonds is 4. The second-order valence-electron chi connectivity index (χ2n) is 5.19. The number of hydrogen-bond donors (Lipinski definition) is 1. The first-order chi connectivity index (χ1) is 9.14. The van der Waals surface area contributed by atoms with Crippen molar-refractivity contribution < 1.29 is 22.8 Å². The monoisotopic (exact) mass is 290 g/mol. The van der Waals surface area contributed by atoms with Crippen molar-refractivity contribution >= 4 is 11.8 Å². The molecule has 1 fully saturated rings. The minimum Gasteiger partial charge on any atom is -0.342 e. The lowest BCUT2D eigenvalue weighted by atomic mass is 10.0. The molecule has 0 unspecified atom stereocenters. The van der Waals surface area contributed by atoms with E-state index in [1.807, 2.05) is 13.8 Å². The molecule has 0 saturated carbocycles. The molecule has 2 amide bonds. The minimum absolute atomic E-state index is 0.00679. The Bertz CT molecular complexity index is 426. The Balaban J connectivity index is 2.60. The van der Waals surface area contributed by atoms with Crippen LogP contribution in [0.5, 0.6) is 0 Å². The molecule has 20 heavy (non-hydrogen) atoms. The zero-order valence-corrected chi connectivity index (χ0v) is 11.3. The SMILES string of the molecule is C#C[C@H](NC(=O)[C@H]1CC(=O)N(CC(F)(F)F)C1)C(C)C. The lowest BCUT2D eigenvalue weighted by molar-refractivity contribution is -0.157. The standard InChI is InChI=1S/C13H17F3N2O2/c1-4-10(8(2)3)17-12(20)9-5-11(19)18(6-9)7-13(14,15)16/h1,8-10H,5-7H2,2-3H3,(H,17,20)/t9-,10-/m0/s1. The number of amides is 2. The van der Waals surface area contributed by atoms with Gasteiger partial charge in [0.05, 0.1) is 12.0 Å². The van der Waals surface area contributed by atoms with Gasteiger partial charge in [0.1, 0.15) is 6.54 Å². The molecular formula is C13H17F3N2O2. The fourth-order valence-corrected chi connectivity index (χ4v) is 1.99. The molecule has 2 atom stereocenters. The molecule has 0 aromatic carbocycles. The highest BCUT2D eigenvalue weighted by molar-refractivity contribution is 5.89. The molecule has 1 aliphatic rings. The zero-order valence-electron chi connectivity index (χ0n) is 11.3. The molecule has 112 valence electrons. The van der Waals surface area contributed by atoms with Crippen molar-refractivity contribution in [1.29, 1.82) is 0 Å². The van der Waals surface area contributed by atoms with Gasteiger partial charge in [-0.2, -0.15) is 13.2 Å². The van der Waals surface area contributed by atoms with Crippen molar-refractivity contribution in [3.8, 4) is 12.3 Å². The van der Waals surface area contributed by atoms with E-state index in [9.17, 15) is 22.8 Å². The number of nitrogens with zero attached hydrogens (tertiary/aromatic N) is 1. The first kappa shape index (κ1) is 16.3. The summed E-state index contributed by atoms with van der Waals surface area (Å²) < 4.78 is 36.8. The summed E-state index contributed by atoms with van der Waals surface area (Å²) in [6.07, 6.45) is 0.599. The maximum Gasteiger partial charge on any atom is 0.406 e. The number of hydrogen-bond acceptors (Lipinski definition) is 2. The van der Waals surface area contributed by atoms with E-state index in [4.69, 9.17) is 6.42 Å². The van der Waals surface area contributed by atoms with Gasteiger partial charge < -0.3 is 10.2 Å². The maximum atomic E-state index is 12.3. The van der Waals surface area contributed by atoms with E-state index in [0.29, 0.717) is 4.90 Å². The topological polar surface area (TPSA) is 49.4 Å². The lowest BCUT2D eigenvalue weighted by Gasteiger charge is -2.20. The number of nitrogens with one attached hydrogen (secondary N) is 1. The van der Waals surface area contributed by atoms with E-state index in [0.717, 1.165) is 0 Å². The summed E-state index contributed by atoms with van der Waals surface area (Å²) in [6.45, 7) is 2.10. The van der Waals surface area contributed by atoms with E-state index in [2.05, 4.69) is 11.2 Å². The Labute approximate surface area is 115 Å². The fourth-order valence-electron chi connectivity index (χ4n) is 1.99. The van der Waals surface area contributed by atoms with Crippen molar-refractivity contribution in [3.05, 3.63) is 0 Å². The third-order valence-electron chi connectivity index (χ3n) is 3.10. The summed E-state index contributed by atoms with van der Waals surface area (Å²) in [5.74, 6) is 0.499. The normalized spacial score (nSPS) is 20.9. The van der Waals surface area contributed by atoms with Crippen LogP contribution >= 0.6 is 0 Å². The zero-order chi connectivity index (χ0) is 15.5. The van der Waals surface area contributed by atoms with Gasteiger partial charge in [-0.1, -0.05) is 19.8 Å². The van der Waals surface area contributed by atoms with Gasteiger partial charge in [0.15, 0.2) is 0 Å². The highest BCUT2D eigenvalue weighted by Gasteiger charge is 2.40. The quantitative estimate of drug-likeness (QED) is 0.790. The Morgan fingerprint density at radius 2 is 2.15 bits per heavy atom. The van der Waals surface area contributed by atoms with Crippen LogP contribution in [0.2, 0.25) is 0 Å². The molecule has 7 heteroatoms. The predicted octanol–water partition coefficient (Wildman–Crippen LogP) is 1.17. The number of likely N-dealkylation sites (tertiary alicyclic amines) is 1. The molecule has 1 heterocycles.